The van der Waals surface area contributed by atoms with E-state index in [4.69, 9.17) is 23.7 Å². The van der Waals surface area contributed by atoms with Crippen LogP contribution >= 0.6 is 0 Å². The summed E-state index contributed by atoms with van der Waals surface area (Å²) in [4.78, 5) is 12.5. The molecule has 0 bridgehead atoms. The van der Waals surface area contributed by atoms with Crippen molar-refractivity contribution in [3.63, 3.8) is 0 Å². The van der Waals surface area contributed by atoms with Crippen LogP contribution in [0, 0.1) is 0 Å². The summed E-state index contributed by atoms with van der Waals surface area (Å²) in [7, 11) is 0. The minimum atomic E-state index is -1.34. The van der Waals surface area contributed by atoms with E-state index >= 15 is 0 Å². The molecule has 0 saturated carbocycles. The zero-order valence-corrected chi connectivity index (χ0v) is 11.0. The van der Waals surface area contributed by atoms with Gasteiger partial charge in [0, 0.05) is 0 Å². The molecule has 3 fully saturated rings. The summed E-state index contributed by atoms with van der Waals surface area (Å²) >= 11 is 0. The molecule has 3 rings (SSSR count). The Kier molecular flexibility index (Phi) is 3.31. The van der Waals surface area contributed by atoms with Crippen LogP contribution in [-0.4, -0.2) is 48.6 Å². The average Bonchev–Trinajstić information content (AvgIpc) is 2.71. The topological polar surface area (TPSA) is 63.2 Å². The lowest BCUT2D eigenvalue weighted by Crippen LogP contribution is -2.58. The van der Waals surface area contributed by atoms with Gasteiger partial charge in [-0.15, -0.1) is 0 Å². The van der Waals surface area contributed by atoms with E-state index in [0.29, 0.717) is 0 Å². The number of rotatable bonds is 0. The summed E-state index contributed by atoms with van der Waals surface area (Å²) in [5.74, 6) is -3.18. The van der Waals surface area contributed by atoms with Gasteiger partial charge in [0.1, 0.15) is 12.7 Å². The zero-order valence-electron chi connectivity index (χ0n) is 11.0. The number of Topliss-reactive ketones (excluding diaryl/α,β-unsaturated/α-hetero) is 1. The molecule has 110 valence electrons. The first-order valence-corrected chi connectivity index (χ1v) is 6.11. The Balaban J connectivity index is 0.00000133. The van der Waals surface area contributed by atoms with Gasteiger partial charge in [-0.25, -0.2) is 0 Å². The van der Waals surface area contributed by atoms with Gasteiger partial charge in [0.15, 0.2) is 17.7 Å². The molecule has 0 aromatic carbocycles. The Labute approximate surface area is 113 Å². The Morgan fingerprint density at radius 1 is 1.05 bits per heavy atom. The highest BCUT2D eigenvalue weighted by Gasteiger charge is 2.62. The minimum absolute atomic E-state index is 0. The highest BCUT2D eigenvalue weighted by Crippen LogP contribution is 2.41. The summed E-state index contributed by atoms with van der Waals surface area (Å²) in [5.41, 5.74) is 0. The van der Waals surface area contributed by atoms with Gasteiger partial charge < -0.3 is 23.7 Å². The van der Waals surface area contributed by atoms with Crippen molar-refractivity contribution in [1.29, 1.82) is 0 Å². The van der Waals surface area contributed by atoms with E-state index in [1.807, 2.05) is 0 Å². The van der Waals surface area contributed by atoms with Crippen LogP contribution in [-0.2, 0) is 28.5 Å². The minimum Gasteiger partial charge on any atom is -0.344 e. The van der Waals surface area contributed by atoms with Crippen LogP contribution in [0.25, 0.3) is 0 Å². The summed E-state index contributed by atoms with van der Waals surface area (Å²) in [5, 5.41) is 0. The standard InChI is InChI=1S/C12H18O6.CH4/c1-10(2)15-6-12(18-10)9(13)8-7(5-14-12)16-11(3,4)17-8;/h7-8H,5-6H2,1-4H3;1H4/t7-,8-,12+;/m1./s1. The maximum Gasteiger partial charge on any atom is 0.258 e. The molecule has 3 heterocycles. The van der Waals surface area contributed by atoms with Crippen molar-refractivity contribution in [3.8, 4) is 0 Å². The third-order valence-corrected chi connectivity index (χ3v) is 3.32. The molecule has 19 heavy (non-hydrogen) atoms. The monoisotopic (exact) mass is 274 g/mol. The largest absolute Gasteiger partial charge is 0.344 e. The van der Waals surface area contributed by atoms with Gasteiger partial charge in [-0.1, -0.05) is 7.43 Å². The molecule has 0 aromatic heterocycles. The maximum atomic E-state index is 12.5. The smallest absolute Gasteiger partial charge is 0.258 e. The Bertz CT molecular complexity index is 389. The summed E-state index contributed by atoms with van der Waals surface area (Å²) in [6, 6.07) is 0. The van der Waals surface area contributed by atoms with Crippen molar-refractivity contribution in [1.82, 2.24) is 0 Å². The van der Waals surface area contributed by atoms with Crippen molar-refractivity contribution in [2.45, 2.75) is 64.7 Å². The molecular weight excluding hydrogens is 252 g/mol. The number of ketones is 1. The van der Waals surface area contributed by atoms with E-state index in [9.17, 15) is 4.79 Å². The van der Waals surface area contributed by atoms with Crippen LogP contribution in [0.3, 0.4) is 0 Å². The first-order chi connectivity index (χ1) is 8.23. The van der Waals surface area contributed by atoms with Gasteiger partial charge in [0.2, 0.25) is 5.78 Å². The number of fused-ring (bicyclic) bond motifs is 1. The van der Waals surface area contributed by atoms with E-state index in [1.54, 1.807) is 27.7 Å². The number of carbonyl (C=O) groups excluding carboxylic acids is 1. The highest BCUT2D eigenvalue weighted by atomic mass is 16.8. The lowest BCUT2D eigenvalue weighted by Gasteiger charge is -2.35. The number of carbonyl (C=O) groups is 1. The Morgan fingerprint density at radius 2 is 1.74 bits per heavy atom. The van der Waals surface area contributed by atoms with Crippen LogP contribution < -0.4 is 0 Å². The molecule has 6 nitrogen and oxygen atoms in total. The second kappa shape index (κ2) is 4.23. The predicted molar refractivity (Wildman–Crippen MR) is 65.4 cm³/mol. The highest BCUT2D eigenvalue weighted by molar-refractivity contribution is 5.92. The van der Waals surface area contributed by atoms with Crippen LogP contribution in [0.15, 0.2) is 0 Å². The zero-order chi connectivity index (χ0) is 13.2. The fourth-order valence-electron chi connectivity index (χ4n) is 2.60. The molecular formula is C13H22O6. The van der Waals surface area contributed by atoms with Gasteiger partial charge in [-0.2, -0.15) is 0 Å². The van der Waals surface area contributed by atoms with Crippen molar-refractivity contribution >= 4 is 5.78 Å². The molecule has 3 aliphatic heterocycles. The predicted octanol–water partition coefficient (Wildman–Crippen LogP) is 1.22. The van der Waals surface area contributed by atoms with Crippen molar-refractivity contribution < 1.29 is 28.5 Å². The van der Waals surface area contributed by atoms with Gasteiger partial charge in [-0.3, -0.25) is 4.79 Å². The molecule has 0 N–H and O–H groups in total. The molecule has 0 amide bonds. The van der Waals surface area contributed by atoms with Crippen LogP contribution in [0.2, 0.25) is 0 Å². The lowest BCUT2D eigenvalue weighted by molar-refractivity contribution is -0.263. The molecule has 3 aliphatic rings. The molecule has 3 saturated heterocycles. The van der Waals surface area contributed by atoms with E-state index in [2.05, 4.69) is 0 Å². The van der Waals surface area contributed by atoms with E-state index < -0.39 is 23.5 Å². The molecule has 0 aromatic rings. The lowest BCUT2D eigenvalue weighted by atomic mass is 9.99. The number of hydrogen-bond donors (Lipinski definition) is 0. The number of hydrogen-bond acceptors (Lipinski definition) is 6. The van der Waals surface area contributed by atoms with Crippen LogP contribution in [0.1, 0.15) is 35.1 Å². The normalized spacial score (nSPS) is 43.1. The van der Waals surface area contributed by atoms with Crippen molar-refractivity contribution in [2.24, 2.45) is 0 Å². The molecule has 3 atom stereocenters. The van der Waals surface area contributed by atoms with Crippen molar-refractivity contribution in [2.75, 3.05) is 13.2 Å². The molecule has 0 unspecified atom stereocenters. The third-order valence-electron chi connectivity index (χ3n) is 3.32. The first kappa shape index (κ1) is 14.9. The second-order valence-corrected chi connectivity index (χ2v) is 5.81. The van der Waals surface area contributed by atoms with Crippen LogP contribution in [0.4, 0.5) is 0 Å². The SMILES string of the molecule is C.CC1(C)O[C@@H]2CO[C@]3(COC(C)(C)O3)C(=O)[C@@H]2O1. The first-order valence-electron chi connectivity index (χ1n) is 6.11. The number of ether oxygens (including phenoxy) is 5. The second-order valence-electron chi connectivity index (χ2n) is 5.81. The molecule has 6 heteroatoms. The average molecular weight is 274 g/mol. The maximum absolute atomic E-state index is 12.5. The van der Waals surface area contributed by atoms with Crippen LogP contribution in [0.5, 0.6) is 0 Å². The fraction of sp³-hybridized carbons (Fsp3) is 0.923. The summed E-state index contributed by atoms with van der Waals surface area (Å²) in [6.07, 6.45) is -1.02. The van der Waals surface area contributed by atoms with E-state index in [1.165, 1.54) is 0 Å². The van der Waals surface area contributed by atoms with Gasteiger partial charge >= 0.3 is 0 Å². The summed E-state index contributed by atoms with van der Waals surface area (Å²) in [6.45, 7) is 7.41. The molecule has 1 spiro atoms. The van der Waals surface area contributed by atoms with E-state index in [-0.39, 0.29) is 32.5 Å². The Morgan fingerprint density at radius 3 is 2.32 bits per heavy atom. The molecule has 0 aliphatic carbocycles. The van der Waals surface area contributed by atoms with Gasteiger partial charge in [0.05, 0.1) is 6.61 Å². The van der Waals surface area contributed by atoms with Gasteiger partial charge in [-0.05, 0) is 27.7 Å². The fourth-order valence-corrected chi connectivity index (χ4v) is 2.60. The third kappa shape index (κ3) is 2.32. The van der Waals surface area contributed by atoms with Crippen molar-refractivity contribution in [3.05, 3.63) is 0 Å². The quantitative estimate of drug-likeness (QED) is 0.662. The Hall–Kier alpha value is -0.530. The molecule has 0 radical (unpaired) electrons. The van der Waals surface area contributed by atoms with Gasteiger partial charge in [0.25, 0.3) is 5.79 Å². The van der Waals surface area contributed by atoms with E-state index in [0.717, 1.165) is 0 Å². The summed E-state index contributed by atoms with van der Waals surface area (Å²) < 4.78 is 27.9.